The van der Waals surface area contributed by atoms with Crippen LogP contribution in [0.3, 0.4) is 0 Å². The molecule has 0 bridgehead atoms. The lowest BCUT2D eigenvalue weighted by atomic mass is 10.1. The monoisotopic (exact) mass is 596 g/mol. The second kappa shape index (κ2) is 13.4. The van der Waals surface area contributed by atoms with Crippen LogP contribution in [-0.2, 0) is 4.74 Å². The Balaban J connectivity index is 1.37. The summed E-state index contributed by atoms with van der Waals surface area (Å²) < 4.78 is 32.9. The molecule has 1 aliphatic heterocycles. The topological polar surface area (TPSA) is 111 Å². The van der Waals surface area contributed by atoms with Gasteiger partial charge in [0.15, 0.2) is 17.0 Å². The summed E-state index contributed by atoms with van der Waals surface area (Å²) in [6, 6.07) is 9.19. The van der Waals surface area contributed by atoms with Crippen molar-refractivity contribution in [1.82, 2.24) is 25.1 Å². The van der Waals surface area contributed by atoms with Crippen LogP contribution in [-0.4, -0.2) is 84.5 Å². The van der Waals surface area contributed by atoms with Gasteiger partial charge >= 0.3 is 0 Å². The molecule has 0 atom stereocenters. The molecule has 222 valence electrons. The van der Waals surface area contributed by atoms with Crippen molar-refractivity contribution >= 4 is 46.0 Å². The fourth-order valence-electron chi connectivity index (χ4n) is 4.70. The molecule has 0 radical (unpaired) electrons. The van der Waals surface area contributed by atoms with Crippen molar-refractivity contribution in [2.45, 2.75) is 35.2 Å². The van der Waals surface area contributed by atoms with E-state index in [0.717, 1.165) is 61.6 Å². The van der Waals surface area contributed by atoms with Gasteiger partial charge in [-0.1, -0.05) is 11.8 Å². The highest BCUT2D eigenvalue weighted by Crippen LogP contribution is 2.30. The Morgan fingerprint density at radius 3 is 2.60 bits per heavy atom. The number of nitrogens with zero attached hydrogens (tertiary/aromatic N) is 5. The summed E-state index contributed by atoms with van der Waals surface area (Å²) in [6.45, 7) is 3.20. The largest absolute Gasteiger partial charge is 0.381 e. The highest BCUT2D eigenvalue weighted by molar-refractivity contribution is 7.99. The van der Waals surface area contributed by atoms with Gasteiger partial charge in [0.05, 0.1) is 11.8 Å². The van der Waals surface area contributed by atoms with Crippen molar-refractivity contribution < 1.29 is 18.3 Å². The van der Waals surface area contributed by atoms with Gasteiger partial charge < -0.3 is 25.2 Å². The molecule has 0 unspecified atom stereocenters. The first-order valence-electron chi connectivity index (χ1n) is 13.8. The quantitative estimate of drug-likeness (QED) is 0.220. The molecule has 0 spiro atoms. The SMILES string of the molecule is CN(C)CCCN(C)c1ccc(C(=O)Nc2n[nH]c3ncc(Sc4cc(F)cc(F)c4)nc23)c(NC2CCOCC2)c1. The summed E-state index contributed by atoms with van der Waals surface area (Å²) in [7, 11) is 6.16. The van der Waals surface area contributed by atoms with Crippen LogP contribution in [0.15, 0.2) is 52.5 Å². The lowest BCUT2D eigenvalue weighted by Gasteiger charge is -2.27. The zero-order chi connectivity index (χ0) is 29.6. The summed E-state index contributed by atoms with van der Waals surface area (Å²) in [5, 5.41) is 13.8. The van der Waals surface area contributed by atoms with Crippen LogP contribution < -0.4 is 15.5 Å². The molecule has 1 amide bonds. The minimum absolute atomic E-state index is 0.184. The van der Waals surface area contributed by atoms with Crippen LogP contribution in [0.4, 0.5) is 26.0 Å². The van der Waals surface area contributed by atoms with E-state index in [1.54, 1.807) is 0 Å². The first-order chi connectivity index (χ1) is 20.2. The Morgan fingerprint density at radius 1 is 1.10 bits per heavy atom. The number of H-pyrrole nitrogens is 1. The first-order valence-corrected chi connectivity index (χ1v) is 14.6. The molecule has 1 aliphatic rings. The zero-order valence-corrected chi connectivity index (χ0v) is 24.6. The average Bonchev–Trinajstić information content (AvgIpc) is 3.34. The summed E-state index contributed by atoms with van der Waals surface area (Å²) in [5.74, 6) is -1.51. The number of carbonyl (C=O) groups is 1. The van der Waals surface area contributed by atoms with E-state index < -0.39 is 11.6 Å². The highest BCUT2D eigenvalue weighted by Gasteiger charge is 2.21. The minimum Gasteiger partial charge on any atom is -0.381 e. The zero-order valence-electron chi connectivity index (χ0n) is 23.8. The lowest BCUT2D eigenvalue weighted by Crippen LogP contribution is -2.29. The molecule has 2 aromatic heterocycles. The molecular weight excluding hydrogens is 562 g/mol. The van der Waals surface area contributed by atoms with Gasteiger partial charge in [0.2, 0.25) is 0 Å². The number of hydrogen-bond acceptors (Lipinski definition) is 9. The van der Waals surface area contributed by atoms with Crippen LogP contribution in [0.25, 0.3) is 11.2 Å². The number of anilines is 3. The van der Waals surface area contributed by atoms with E-state index in [9.17, 15) is 13.6 Å². The van der Waals surface area contributed by atoms with Crippen LogP contribution in [0.5, 0.6) is 0 Å². The molecule has 3 N–H and O–H groups in total. The Bertz CT molecular complexity index is 1520. The van der Waals surface area contributed by atoms with Gasteiger partial charge in [-0.25, -0.2) is 18.7 Å². The van der Waals surface area contributed by atoms with E-state index in [-0.39, 0.29) is 17.8 Å². The van der Waals surface area contributed by atoms with E-state index in [0.29, 0.717) is 39.9 Å². The van der Waals surface area contributed by atoms with Crippen LogP contribution in [0, 0.1) is 11.6 Å². The third-order valence-electron chi connectivity index (χ3n) is 6.91. The molecule has 5 rings (SSSR count). The van der Waals surface area contributed by atoms with E-state index in [1.165, 1.54) is 18.3 Å². The van der Waals surface area contributed by atoms with Crippen molar-refractivity contribution in [3.63, 3.8) is 0 Å². The number of aromatic amines is 1. The Labute approximate surface area is 247 Å². The van der Waals surface area contributed by atoms with Gasteiger partial charge in [0.1, 0.15) is 16.7 Å². The maximum Gasteiger partial charge on any atom is 0.259 e. The summed E-state index contributed by atoms with van der Waals surface area (Å²) in [5.41, 5.74) is 2.91. The van der Waals surface area contributed by atoms with E-state index in [2.05, 4.69) is 54.7 Å². The number of ether oxygens (including phenoxy) is 1. The van der Waals surface area contributed by atoms with Crippen molar-refractivity contribution in [3.05, 3.63) is 59.8 Å². The third kappa shape index (κ3) is 7.52. The molecule has 4 aromatic rings. The number of halogens is 2. The number of rotatable bonds is 11. The van der Waals surface area contributed by atoms with Crippen molar-refractivity contribution in [3.8, 4) is 0 Å². The lowest BCUT2D eigenvalue weighted by molar-refractivity contribution is 0.0904. The van der Waals surface area contributed by atoms with E-state index in [1.807, 2.05) is 25.2 Å². The van der Waals surface area contributed by atoms with E-state index >= 15 is 0 Å². The Morgan fingerprint density at radius 2 is 1.86 bits per heavy atom. The van der Waals surface area contributed by atoms with Crippen LogP contribution >= 0.6 is 11.8 Å². The number of aromatic nitrogens is 4. The van der Waals surface area contributed by atoms with Gasteiger partial charge in [0, 0.05) is 55.2 Å². The van der Waals surface area contributed by atoms with Gasteiger partial charge in [-0.05, 0) is 70.2 Å². The normalized spacial score (nSPS) is 14.0. The highest BCUT2D eigenvalue weighted by atomic mass is 32.2. The maximum atomic E-state index is 13.7. The molecule has 2 aromatic carbocycles. The maximum absolute atomic E-state index is 13.7. The number of nitrogens with one attached hydrogen (secondary N) is 3. The Hall–Kier alpha value is -3.81. The Kier molecular flexibility index (Phi) is 9.50. The molecule has 1 fully saturated rings. The number of amides is 1. The predicted molar refractivity (Wildman–Crippen MR) is 160 cm³/mol. The predicted octanol–water partition coefficient (Wildman–Crippen LogP) is 5.01. The summed E-state index contributed by atoms with van der Waals surface area (Å²) >= 11 is 1.06. The van der Waals surface area contributed by atoms with Gasteiger partial charge in [-0.2, -0.15) is 5.10 Å². The molecule has 1 saturated heterocycles. The molecule has 3 heterocycles. The van der Waals surface area contributed by atoms with Gasteiger partial charge in [-0.3, -0.25) is 9.89 Å². The van der Waals surface area contributed by atoms with Gasteiger partial charge in [0.25, 0.3) is 5.91 Å². The standard InChI is InChI=1S/C29H34F2N8O2S/c1-38(2)9-4-10-39(3)21-5-6-23(24(16-21)33-20-7-11-41-12-8-20)29(40)35-28-26-27(36-37-28)32-17-25(34-26)42-22-14-18(30)13-19(31)15-22/h5-6,13-17,20,33H,4,7-12H2,1-3H3,(H2,32,35,36,37,40). The molecule has 0 aliphatic carbocycles. The number of carbonyl (C=O) groups excluding carboxylic acids is 1. The molecule has 13 heteroatoms. The second-order valence-electron chi connectivity index (χ2n) is 10.5. The van der Waals surface area contributed by atoms with Crippen LogP contribution in [0.1, 0.15) is 29.6 Å². The van der Waals surface area contributed by atoms with Gasteiger partial charge in [-0.15, -0.1) is 0 Å². The smallest absolute Gasteiger partial charge is 0.259 e. The van der Waals surface area contributed by atoms with Crippen LogP contribution in [0.2, 0.25) is 0 Å². The van der Waals surface area contributed by atoms with E-state index in [4.69, 9.17) is 4.74 Å². The summed E-state index contributed by atoms with van der Waals surface area (Å²) in [6.07, 6.45) is 4.18. The fraction of sp³-hybridized carbons (Fsp3) is 0.379. The van der Waals surface area contributed by atoms with Crippen molar-refractivity contribution in [2.24, 2.45) is 0 Å². The van der Waals surface area contributed by atoms with Crippen molar-refractivity contribution in [2.75, 3.05) is 63.0 Å². The first kappa shape index (κ1) is 29.7. The second-order valence-corrected chi connectivity index (χ2v) is 11.6. The molecule has 0 saturated carbocycles. The molecule has 42 heavy (non-hydrogen) atoms. The molecular formula is C29H34F2N8O2S. The average molecular weight is 597 g/mol. The fourth-order valence-corrected chi connectivity index (χ4v) is 5.53. The summed E-state index contributed by atoms with van der Waals surface area (Å²) in [4.78, 5) is 27.1. The number of fused-ring (bicyclic) bond motifs is 1. The number of hydrogen-bond donors (Lipinski definition) is 3. The minimum atomic E-state index is -0.682. The molecule has 10 nitrogen and oxygen atoms in total. The third-order valence-corrected chi connectivity index (χ3v) is 7.78. The van der Waals surface area contributed by atoms with Crippen molar-refractivity contribution in [1.29, 1.82) is 0 Å². The number of benzene rings is 2.